The van der Waals surface area contributed by atoms with Crippen LogP contribution in [0.15, 0.2) is 77.0 Å². The third kappa shape index (κ3) is 5.66. The Kier molecular flexibility index (Phi) is 6.93. The van der Waals surface area contributed by atoms with Crippen molar-refractivity contribution in [3.63, 3.8) is 0 Å². The number of fused-ring (bicyclic) bond motifs is 2. The standard InChI is InChI=1S/C28H27N3O6/c1-17(27(32)29-13-19-6-8-23-25(11-19)36-15-34-23)4-3-5-21-18(2)10-22(31-21)28(33)30-14-20-7-9-24-26(12-20)37-16-35-24/h3-12,18H,13-16H2,1-2H3,(H,29,32)(H,30,33)/b5-3-,17-4+. The van der Waals surface area contributed by atoms with Crippen molar-refractivity contribution in [2.75, 3.05) is 13.6 Å². The number of rotatable bonds is 8. The maximum absolute atomic E-state index is 12.6. The number of nitrogens with zero attached hydrogens (tertiary/aromatic N) is 1. The Hall–Kier alpha value is -4.53. The molecule has 5 rings (SSSR count). The van der Waals surface area contributed by atoms with Gasteiger partial charge < -0.3 is 29.6 Å². The molecule has 190 valence electrons. The summed E-state index contributed by atoms with van der Waals surface area (Å²) in [4.78, 5) is 29.5. The minimum Gasteiger partial charge on any atom is -0.454 e. The van der Waals surface area contributed by atoms with Gasteiger partial charge in [-0.25, -0.2) is 4.99 Å². The molecule has 37 heavy (non-hydrogen) atoms. The lowest BCUT2D eigenvalue weighted by molar-refractivity contribution is -0.118. The second-order valence-electron chi connectivity index (χ2n) is 8.83. The number of benzene rings is 2. The first-order chi connectivity index (χ1) is 18.0. The van der Waals surface area contributed by atoms with Crippen LogP contribution in [0.2, 0.25) is 0 Å². The zero-order valence-corrected chi connectivity index (χ0v) is 20.6. The Labute approximate surface area is 214 Å². The Bertz CT molecular complexity index is 1360. The van der Waals surface area contributed by atoms with Gasteiger partial charge in [-0.2, -0.15) is 0 Å². The van der Waals surface area contributed by atoms with Crippen molar-refractivity contribution in [1.29, 1.82) is 0 Å². The molecule has 0 aliphatic carbocycles. The van der Waals surface area contributed by atoms with Crippen LogP contribution >= 0.6 is 0 Å². The predicted molar refractivity (Wildman–Crippen MR) is 136 cm³/mol. The van der Waals surface area contributed by atoms with E-state index in [-0.39, 0.29) is 31.3 Å². The first-order valence-electron chi connectivity index (χ1n) is 11.9. The number of allylic oxidation sites excluding steroid dienone is 4. The van der Waals surface area contributed by atoms with Crippen LogP contribution in [0.1, 0.15) is 25.0 Å². The molecule has 3 aliphatic heterocycles. The number of amides is 2. The molecule has 2 aromatic rings. The van der Waals surface area contributed by atoms with Crippen LogP contribution in [0.5, 0.6) is 23.0 Å². The van der Waals surface area contributed by atoms with E-state index in [1.807, 2.05) is 55.5 Å². The van der Waals surface area contributed by atoms with Gasteiger partial charge in [0.05, 0.1) is 0 Å². The van der Waals surface area contributed by atoms with E-state index in [0.717, 1.165) is 16.8 Å². The fourth-order valence-electron chi connectivity index (χ4n) is 3.98. The molecule has 0 saturated heterocycles. The van der Waals surface area contributed by atoms with E-state index in [2.05, 4.69) is 15.6 Å². The summed E-state index contributed by atoms with van der Waals surface area (Å²) in [5, 5.41) is 5.78. The lowest BCUT2D eigenvalue weighted by Crippen LogP contribution is -2.23. The van der Waals surface area contributed by atoms with Crippen molar-refractivity contribution in [1.82, 2.24) is 10.6 Å². The molecular weight excluding hydrogens is 474 g/mol. The summed E-state index contributed by atoms with van der Waals surface area (Å²) >= 11 is 0. The summed E-state index contributed by atoms with van der Waals surface area (Å²) in [6.45, 7) is 4.86. The van der Waals surface area contributed by atoms with E-state index in [1.165, 1.54) is 0 Å². The van der Waals surface area contributed by atoms with Crippen molar-refractivity contribution < 1.29 is 28.5 Å². The summed E-state index contributed by atoms with van der Waals surface area (Å²) in [6.07, 6.45) is 7.13. The highest BCUT2D eigenvalue weighted by molar-refractivity contribution is 6.07. The van der Waals surface area contributed by atoms with Crippen LogP contribution in [0.25, 0.3) is 0 Å². The fraction of sp³-hybridized carbons (Fsp3) is 0.250. The Morgan fingerprint density at radius 2 is 1.51 bits per heavy atom. The lowest BCUT2D eigenvalue weighted by atomic mass is 10.1. The molecule has 0 spiro atoms. The van der Waals surface area contributed by atoms with E-state index < -0.39 is 0 Å². The third-order valence-electron chi connectivity index (χ3n) is 6.11. The summed E-state index contributed by atoms with van der Waals surface area (Å²) < 4.78 is 21.4. The van der Waals surface area contributed by atoms with Crippen molar-refractivity contribution in [3.05, 3.63) is 83.1 Å². The molecule has 3 aliphatic rings. The van der Waals surface area contributed by atoms with Gasteiger partial charge in [0, 0.05) is 30.3 Å². The van der Waals surface area contributed by atoms with Crippen molar-refractivity contribution in [2.45, 2.75) is 26.9 Å². The topological polar surface area (TPSA) is 107 Å². The molecule has 0 radical (unpaired) electrons. The number of nitrogens with one attached hydrogen (secondary N) is 2. The van der Waals surface area contributed by atoms with Crippen LogP contribution in [-0.4, -0.2) is 31.1 Å². The number of carbonyl (C=O) groups is 2. The van der Waals surface area contributed by atoms with Crippen LogP contribution in [0.3, 0.4) is 0 Å². The highest BCUT2D eigenvalue weighted by atomic mass is 16.7. The number of carbonyl (C=O) groups excluding carboxylic acids is 2. The predicted octanol–water partition coefficient (Wildman–Crippen LogP) is 3.55. The van der Waals surface area contributed by atoms with Gasteiger partial charge in [0.1, 0.15) is 5.70 Å². The molecule has 1 atom stereocenters. The first kappa shape index (κ1) is 24.2. The Morgan fingerprint density at radius 1 is 0.919 bits per heavy atom. The van der Waals surface area contributed by atoms with E-state index in [9.17, 15) is 9.59 Å². The average Bonchev–Trinajstić information content (AvgIpc) is 3.65. The normalized spacial score (nSPS) is 17.6. The number of hydrogen-bond donors (Lipinski definition) is 2. The zero-order valence-electron chi connectivity index (χ0n) is 20.6. The van der Waals surface area contributed by atoms with Crippen molar-refractivity contribution >= 4 is 17.5 Å². The van der Waals surface area contributed by atoms with Gasteiger partial charge in [0.25, 0.3) is 5.91 Å². The van der Waals surface area contributed by atoms with E-state index >= 15 is 0 Å². The van der Waals surface area contributed by atoms with Gasteiger partial charge in [0.2, 0.25) is 19.5 Å². The van der Waals surface area contributed by atoms with E-state index in [0.29, 0.717) is 47.4 Å². The molecule has 1 unspecified atom stereocenters. The highest BCUT2D eigenvalue weighted by Gasteiger charge is 2.20. The van der Waals surface area contributed by atoms with Gasteiger partial charge in [-0.15, -0.1) is 0 Å². The molecule has 2 amide bonds. The molecule has 3 heterocycles. The first-order valence-corrected chi connectivity index (χ1v) is 11.9. The number of ether oxygens (including phenoxy) is 4. The summed E-state index contributed by atoms with van der Waals surface area (Å²) in [5.74, 6) is 2.33. The van der Waals surface area contributed by atoms with Gasteiger partial charge in [-0.1, -0.05) is 31.2 Å². The van der Waals surface area contributed by atoms with Crippen LogP contribution in [-0.2, 0) is 22.7 Å². The highest BCUT2D eigenvalue weighted by Crippen LogP contribution is 2.33. The largest absolute Gasteiger partial charge is 0.454 e. The molecule has 0 fully saturated rings. The number of hydrogen-bond acceptors (Lipinski definition) is 7. The zero-order chi connectivity index (χ0) is 25.8. The van der Waals surface area contributed by atoms with Crippen LogP contribution in [0, 0.1) is 5.92 Å². The van der Waals surface area contributed by atoms with E-state index in [1.54, 1.807) is 19.1 Å². The average molecular weight is 502 g/mol. The lowest BCUT2D eigenvalue weighted by Gasteiger charge is -2.06. The minimum atomic E-state index is -0.248. The maximum Gasteiger partial charge on any atom is 0.269 e. The summed E-state index contributed by atoms with van der Waals surface area (Å²) in [5.41, 5.74) is 3.50. The fourth-order valence-corrected chi connectivity index (χ4v) is 3.98. The van der Waals surface area contributed by atoms with Gasteiger partial charge in [-0.05, 0) is 54.5 Å². The Morgan fingerprint density at radius 3 is 2.16 bits per heavy atom. The second-order valence-corrected chi connectivity index (χ2v) is 8.83. The second kappa shape index (κ2) is 10.6. The van der Waals surface area contributed by atoms with Crippen molar-refractivity contribution in [2.24, 2.45) is 10.9 Å². The van der Waals surface area contributed by atoms with Gasteiger partial charge >= 0.3 is 0 Å². The van der Waals surface area contributed by atoms with Crippen LogP contribution in [0.4, 0.5) is 0 Å². The third-order valence-corrected chi connectivity index (χ3v) is 6.11. The van der Waals surface area contributed by atoms with Crippen molar-refractivity contribution in [3.8, 4) is 23.0 Å². The molecule has 2 aromatic carbocycles. The number of aliphatic imine (C=N–C) groups is 1. The quantitative estimate of drug-likeness (QED) is 0.423. The van der Waals surface area contributed by atoms with Crippen LogP contribution < -0.4 is 29.6 Å². The molecule has 0 aromatic heterocycles. The summed E-state index contributed by atoms with van der Waals surface area (Å²) in [7, 11) is 0. The SMILES string of the molecule is C/C(=C\C=C/C1=NC(C(=O)NCc2ccc3c(c2)OCO3)=CC1C)C(=O)NCc1ccc2c(c1)OCO2. The smallest absolute Gasteiger partial charge is 0.269 e. The van der Waals surface area contributed by atoms with E-state index in [4.69, 9.17) is 18.9 Å². The van der Waals surface area contributed by atoms with Gasteiger partial charge in [-0.3, -0.25) is 9.59 Å². The molecule has 0 saturated carbocycles. The monoisotopic (exact) mass is 501 g/mol. The molecular formula is C28H27N3O6. The molecule has 9 heteroatoms. The Balaban J connectivity index is 1.11. The maximum atomic E-state index is 12.6. The van der Waals surface area contributed by atoms with Gasteiger partial charge in [0.15, 0.2) is 23.0 Å². The molecule has 0 bridgehead atoms. The minimum absolute atomic E-state index is 0.0175. The summed E-state index contributed by atoms with van der Waals surface area (Å²) in [6, 6.07) is 11.1. The molecule has 9 nitrogen and oxygen atoms in total. The molecule has 2 N–H and O–H groups in total.